The Morgan fingerprint density at radius 2 is 1.17 bits per heavy atom. The Hall–Kier alpha value is -0.0400. The molecule has 138 valence electrons. The predicted octanol–water partition coefficient (Wildman–Crippen LogP) is 6.95. The summed E-state index contributed by atoms with van der Waals surface area (Å²) in [6.07, 6.45) is 20.4. The number of rotatable bonds is 14. The monoisotopic (exact) mass is 324 g/mol. The van der Waals surface area contributed by atoms with Gasteiger partial charge in [-0.2, -0.15) is 0 Å². The first-order valence-electron chi connectivity index (χ1n) is 11.1. The molecule has 0 unspecified atom stereocenters. The van der Waals surface area contributed by atoms with E-state index in [0.29, 0.717) is 0 Å². The highest BCUT2D eigenvalue weighted by Crippen LogP contribution is 2.28. The van der Waals surface area contributed by atoms with Crippen molar-refractivity contribution in [3.63, 3.8) is 0 Å². The summed E-state index contributed by atoms with van der Waals surface area (Å²) in [4.78, 5) is 0. The Balaban J connectivity index is 2.58. The summed E-state index contributed by atoms with van der Waals surface area (Å²) in [5.74, 6) is 1.03. The van der Waals surface area contributed by atoms with Crippen molar-refractivity contribution < 1.29 is 4.48 Å². The van der Waals surface area contributed by atoms with Gasteiger partial charge in [0.05, 0.1) is 26.2 Å². The molecule has 0 heterocycles. The largest absolute Gasteiger partial charge is 0.323 e. The molecule has 23 heavy (non-hydrogen) atoms. The molecule has 0 aromatic carbocycles. The average molecular weight is 325 g/mol. The predicted molar refractivity (Wildman–Crippen MR) is 105 cm³/mol. The zero-order valence-corrected chi connectivity index (χ0v) is 16.8. The lowest BCUT2D eigenvalue weighted by molar-refractivity contribution is -0.932. The van der Waals surface area contributed by atoms with Crippen molar-refractivity contribution in [1.29, 1.82) is 0 Å². The Bertz CT molecular complexity index is 243. The first-order chi connectivity index (χ1) is 11.3. The smallest absolute Gasteiger partial charge is 0.0815 e. The molecule has 1 rings (SSSR count). The van der Waals surface area contributed by atoms with Crippen molar-refractivity contribution in [1.82, 2.24) is 0 Å². The van der Waals surface area contributed by atoms with Gasteiger partial charge in [-0.05, 0) is 44.9 Å². The third kappa shape index (κ3) is 9.13. The van der Waals surface area contributed by atoms with E-state index in [9.17, 15) is 0 Å². The van der Waals surface area contributed by atoms with Crippen LogP contribution in [0.4, 0.5) is 0 Å². The molecule has 0 aromatic rings. The maximum Gasteiger partial charge on any atom is 0.0815 e. The molecule has 1 aliphatic rings. The normalized spacial score (nSPS) is 16.8. The summed E-state index contributed by atoms with van der Waals surface area (Å²) in [6.45, 7) is 13.0. The molecule has 0 aromatic heterocycles. The second-order valence-corrected chi connectivity index (χ2v) is 8.32. The Labute approximate surface area is 147 Å². The molecule has 0 atom stereocenters. The third-order valence-electron chi connectivity index (χ3n) is 6.04. The van der Waals surface area contributed by atoms with E-state index in [4.69, 9.17) is 0 Å². The first-order valence-corrected chi connectivity index (χ1v) is 11.1. The van der Waals surface area contributed by atoms with Crippen molar-refractivity contribution in [2.45, 2.75) is 111 Å². The molecular weight excluding hydrogens is 278 g/mol. The van der Waals surface area contributed by atoms with Crippen LogP contribution in [0.5, 0.6) is 0 Å². The van der Waals surface area contributed by atoms with Gasteiger partial charge in [0.2, 0.25) is 0 Å². The maximum absolute atomic E-state index is 2.41. The Morgan fingerprint density at radius 1 is 0.609 bits per heavy atom. The Kier molecular flexibility index (Phi) is 12.1. The number of hydrogen-bond acceptors (Lipinski definition) is 0. The van der Waals surface area contributed by atoms with Crippen LogP contribution >= 0.6 is 0 Å². The third-order valence-corrected chi connectivity index (χ3v) is 6.04. The molecule has 0 radical (unpaired) electrons. The fourth-order valence-electron chi connectivity index (χ4n) is 4.75. The summed E-state index contributed by atoms with van der Waals surface area (Å²) < 4.78 is 1.47. The number of hydrogen-bond donors (Lipinski definition) is 0. The van der Waals surface area contributed by atoms with Gasteiger partial charge < -0.3 is 4.48 Å². The molecule has 0 bridgehead atoms. The number of quaternary nitrogens is 1. The molecule has 0 N–H and O–H groups in total. The molecular formula is C22H46N+. The zero-order chi connectivity index (χ0) is 16.8. The van der Waals surface area contributed by atoms with Gasteiger partial charge in [-0.15, -0.1) is 0 Å². The van der Waals surface area contributed by atoms with Crippen molar-refractivity contribution >= 4 is 0 Å². The molecule has 0 aliphatic heterocycles. The molecule has 1 fully saturated rings. The van der Waals surface area contributed by atoms with E-state index in [1.807, 2.05) is 0 Å². The fourth-order valence-corrected chi connectivity index (χ4v) is 4.75. The highest BCUT2D eigenvalue weighted by molar-refractivity contribution is 4.66. The van der Waals surface area contributed by atoms with Crippen molar-refractivity contribution in [2.75, 3.05) is 26.2 Å². The molecule has 1 saturated carbocycles. The van der Waals surface area contributed by atoms with Crippen molar-refractivity contribution in [3.8, 4) is 0 Å². The lowest BCUT2D eigenvalue weighted by Gasteiger charge is -2.42. The zero-order valence-electron chi connectivity index (χ0n) is 16.8. The van der Waals surface area contributed by atoms with Crippen molar-refractivity contribution in [3.05, 3.63) is 0 Å². The van der Waals surface area contributed by atoms with E-state index in [1.165, 1.54) is 121 Å². The second kappa shape index (κ2) is 13.3. The highest BCUT2D eigenvalue weighted by atomic mass is 15.3. The van der Waals surface area contributed by atoms with Gasteiger partial charge in [0.15, 0.2) is 0 Å². The van der Waals surface area contributed by atoms with Gasteiger partial charge in [-0.3, -0.25) is 0 Å². The summed E-state index contributed by atoms with van der Waals surface area (Å²) in [6, 6.07) is 0. The summed E-state index contributed by atoms with van der Waals surface area (Å²) in [5.41, 5.74) is 0. The van der Waals surface area contributed by atoms with Crippen LogP contribution in [0, 0.1) is 5.92 Å². The lowest BCUT2D eigenvalue weighted by atomic mass is 9.88. The number of unbranched alkanes of at least 4 members (excludes halogenated alkanes) is 6. The van der Waals surface area contributed by atoms with Gasteiger partial charge in [-0.1, -0.05) is 65.7 Å². The summed E-state index contributed by atoms with van der Waals surface area (Å²) in [5, 5.41) is 0. The van der Waals surface area contributed by atoms with Gasteiger partial charge in [0.25, 0.3) is 0 Å². The lowest BCUT2D eigenvalue weighted by Crippen LogP contribution is -2.53. The van der Waals surface area contributed by atoms with Crippen LogP contribution in [-0.4, -0.2) is 30.7 Å². The topological polar surface area (TPSA) is 0 Å². The van der Waals surface area contributed by atoms with Crippen LogP contribution in [0.3, 0.4) is 0 Å². The van der Waals surface area contributed by atoms with Gasteiger partial charge in [0.1, 0.15) is 0 Å². The molecule has 1 nitrogen and oxygen atoms in total. The molecule has 0 amide bonds. The number of nitrogens with zero attached hydrogens (tertiary/aromatic N) is 1. The minimum atomic E-state index is 1.03. The fraction of sp³-hybridized carbons (Fsp3) is 1.00. The summed E-state index contributed by atoms with van der Waals surface area (Å²) in [7, 11) is 0. The minimum Gasteiger partial charge on any atom is -0.323 e. The minimum absolute atomic E-state index is 1.03. The quantitative estimate of drug-likeness (QED) is 0.239. The van der Waals surface area contributed by atoms with Gasteiger partial charge >= 0.3 is 0 Å². The van der Waals surface area contributed by atoms with Crippen LogP contribution in [0.15, 0.2) is 0 Å². The van der Waals surface area contributed by atoms with Gasteiger partial charge in [0, 0.05) is 5.92 Å². The van der Waals surface area contributed by atoms with E-state index in [0.717, 1.165) is 5.92 Å². The maximum atomic E-state index is 2.41. The van der Waals surface area contributed by atoms with E-state index < -0.39 is 0 Å². The highest BCUT2D eigenvalue weighted by Gasteiger charge is 2.30. The molecule has 0 saturated heterocycles. The van der Waals surface area contributed by atoms with Crippen LogP contribution in [-0.2, 0) is 0 Å². The van der Waals surface area contributed by atoms with E-state index >= 15 is 0 Å². The van der Waals surface area contributed by atoms with Crippen molar-refractivity contribution in [2.24, 2.45) is 5.92 Å². The Morgan fingerprint density at radius 3 is 1.65 bits per heavy atom. The molecule has 1 heteroatoms. The van der Waals surface area contributed by atoms with E-state index in [2.05, 4.69) is 20.8 Å². The average Bonchev–Trinajstić information content (AvgIpc) is 2.57. The first kappa shape index (κ1) is 21.0. The van der Waals surface area contributed by atoms with E-state index in [-0.39, 0.29) is 0 Å². The molecule has 1 aliphatic carbocycles. The van der Waals surface area contributed by atoms with Crippen LogP contribution < -0.4 is 0 Å². The van der Waals surface area contributed by atoms with Crippen LogP contribution in [0.25, 0.3) is 0 Å². The summed E-state index contributed by atoms with van der Waals surface area (Å²) >= 11 is 0. The molecule has 0 spiro atoms. The second-order valence-electron chi connectivity index (χ2n) is 8.32. The van der Waals surface area contributed by atoms with Gasteiger partial charge in [-0.25, -0.2) is 0 Å². The van der Waals surface area contributed by atoms with Crippen LogP contribution in [0.2, 0.25) is 0 Å². The van der Waals surface area contributed by atoms with Crippen LogP contribution in [0.1, 0.15) is 111 Å². The standard InChI is InChI=1S/C22H46N/c1-4-7-9-14-19-23(18-6-3,20-15-10-8-5-2)21-22-16-12-11-13-17-22/h22H,4-21H2,1-3H3/q+1. The SMILES string of the molecule is CCCCCC[N+](CCC)(CCCCCC)CC1CCCCC1. The van der Waals surface area contributed by atoms with E-state index in [1.54, 1.807) is 0 Å².